The van der Waals surface area contributed by atoms with Gasteiger partial charge in [0.1, 0.15) is 5.75 Å². The highest BCUT2D eigenvalue weighted by molar-refractivity contribution is 5.70. The van der Waals surface area contributed by atoms with Gasteiger partial charge in [0.15, 0.2) is 0 Å². The summed E-state index contributed by atoms with van der Waals surface area (Å²) in [6.45, 7) is 1.97. The molecule has 2 aromatic rings. The lowest BCUT2D eigenvalue weighted by Gasteiger charge is -2.10. The van der Waals surface area contributed by atoms with Crippen molar-refractivity contribution in [2.75, 3.05) is 12.4 Å². The fraction of sp³-hybridized carbons (Fsp3) is 0.125. The maximum absolute atomic E-state index is 10.6. The summed E-state index contributed by atoms with van der Waals surface area (Å²) in [4.78, 5) is 10.2. The number of methoxy groups -OCH3 is 1. The molecule has 0 amide bonds. The average Bonchev–Trinajstić information content (AvgIpc) is 2.53. The van der Waals surface area contributed by atoms with Gasteiger partial charge in [0, 0.05) is 29.6 Å². The number of nitro groups is 1. The van der Waals surface area contributed by atoms with Crippen LogP contribution in [0.4, 0.5) is 11.4 Å². The number of rotatable bonds is 5. The first-order valence-electron chi connectivity index (χ1n) is 6.63. The molecule has 2 aromatic carbocycles. The largest absolute Gasteiger partial charge is 0.496 e. The quantitative estimate of drug-likeness (QED) is 0.653. The second-order valence-electron chi connectivity index (χ2n) is 4.75. The summed E-state index contributed by atoms with van der Waals surface area (Å²) in [5.74, 6) is 0.685. The third-order valence-corrected chi connectivity index (χ3v) is 3.14. The lowest BCUT2D eigenvalue weighted by Crippen LogP contribution is -2.03. The summed E-state index contributed by atoms with van der Waals surface area (Å²) in [7, 11) is 1.59. The Bertz CT molecular complexity index is 709. The van der Waals surface area contributed by atoms with Crippen LogP contribution in [0.3, 0.4) is 0 Å². The third-order valence-electron chi connectivity index (χ3n) is 3.14. The van der Waals surface area contributed by atoms with Gasteiger partial charge in [-0.05, 0) is 31.2 Å². The SMILES string of the molecule is COc1ccc(C)cc1/C(N)=C/Nc1ccc([N+](=O)[O-])cc1. The van der Waals surface area contributed by atoms with Crippen molar-refractivity contribution in [1.29, 1.82) is 0 Å². The Hall–Kier alpha value is -3.02. The van der Waals surface area contributed by atoms with Crippen LogP contribution in [0.25, 0.3) is 5.70 Å². The van der Waals surface area contributed by atoms with Gasteiger partial charge in [0.05, 0.1) is 17.7 Å². The fourth-order valence-corrected chi connectivity index (χ4v) is 1.97. The van der Waals surface area contributed by atoms with Crippen molar-refractivity contribution in [1.82, 2.24) is 0 Å². The number of non-ortho nitro benzene ring substituents is 1. The van der Waals surface area contributed by atoms with Crippen LogP contribution in [0.2, 0.25) is 0 Å². The normalized spacial score (nSPS) is 11.1. The van der Waals surface area contributed by atoms with Gasteiger partial charge in [-0.3, -0.25) is 10.1 Å². The summed E-state index contributed by atoms with van der Waals surface area (Å²) in [6.07, 6.45) is 1.64. The van der Waals surface area contributed by atoms with E-state index in [0.29, 0.717) is 17.1 Å². The molecule has 3 N–H and O–H groups in total. The number of hydrogen-bond acceptors (Lipinski definition) is 5. The molecule has 0 radical (unpaired) electrons. The molecule has 0 heterocycles. The number of nitro benzene ring substituents is 1. The van der Waals surface area contributed by atoms with Gasteiger partial charge >= 0.3 is 0 Å². The predicted molar refractivity (Wildman–Crippen MR) is 86.6 cm³/mol. The molecule has 0 unspecified atom stereocenters. The van der Waals surface area contributed by atoms with Crippen molar-refractivity contribution >= 4 is 17.1 Å². The molecule has 0 aliphatic rings. The van der Waals surface area contributed by atoms with Crippen LogP contribution < -0.4 is 15.8 Å². The van der Waals surface area contributed by atoms with Gasteiger partial charge in [0.2, 0.25) is 0 Å². The molecule has 0 saturated heterocycles. The highest BCUT2D eigenvalue weighted by atomic mass is 16.6. The summed E-state index contributed by atoms with van der Waals surface area (Å²) in [5.41, 5.74) is 9.20. The Labute approximate surface area is 128 Å². The van der Waals surface area contributed by atoms with Crippen molar-refractivity contribution in [2.45, 2.75) is 6.92 Å². The molecule has 114 valence electrons. The van der Waals surface area contributed by atoms with Gasteiger partial charge in [-0.2, -0.15) is 0 Å². The number of benzene rings is 2. The molecule has 0 atom stereocenters. The molecule has 22 heavy (non-hydrogen) atoms. The number of nitrogens with two attached hydrogens (primary N) is 1. The highest BCUT2D eigenvalue weighted by Gasteiger charge is 2.06. The number of nitrogens with zero attached hydrogens (tertiary/aromatic N) is 1. The number of nitrogens with one attached hydrogen (secondary N) is 1. The molecule has 2 rings (SSSR count). The third kappa shape index (κ3) is 3.54. The standard InChI is InChI=1S/C16H17N3O3/c1-11-3-8-16(22-2)14(9-11)15(17)10-18-12-4-6-13(7-5-12)19(20)21/h3-10,18H,17H2,1-2H3/b15-10-. The maximum Gasteiger partial charge on any atom is 0.269 e. The molecular formula is C16H17N3O3. The van der Waals surface area contributed by atoms with Gasteiger partial charge < -0.3 is 15.8 Å². The van der Waals surface area contributed by atoms with Gasteiger partial charge in [-0.15, -0.1) is 0 Å². The molecule has 0 aromatic heterocycles. The van der Waals surface area contributed by atoms with Gasteiger partial charge in [-0.1, -0.05) is 11.6 Å². The molecule has 6 nitrogen and oxygen atoms in total. The molecular weight excluding hydrogens is 282 g/mol. The molecule has 0 aliphatic carbocycles. The zero-order chi connectivity index (χ0) is 16.1. The molecule has 0 aliphatic heterocycles. The topological polar surface area (TPSA) is 90.4 Å². The predicted octanol–water partition coefficient (Wildman–Crippen LogP) is 3.28. The molecule has 0 fully saturated rings. The minimum Gasteiger partial charge on any atom is -0.496 e. The Kier molecular flexibility index (Phi) is 4.63. The first-order chi connectivity index (χ1) is 10.5. The molecule has 0 saturated carbocycles. The lowest BCUT2D eigenvalue weighted by atomic mass is 10.1. The van der Waals surface area contributed by atoms with Crippen LogP contribution in [0.5, 0.6) is 5.75 Å². The van der Waals surface area contributed by atoms with Crippen LogP contribution in [-0.4, -0.2) is 12.0 Å². The van der Waals surface area contributed by atoms with E-state index >= 15 is 0 Å². The summed E-state index contributed by atoms with van der Waals surface area (Å²) in [6, 6.07) is 11.8. The van der Waals surface area contributed by atoms with Crippen molar-refractivity contribution < 1.29 is 9.66 Å². The van der Waals surface area contributed by atoms with E-state index in [9.17, 15) is 10.1 Å². The van der Waals surface area contributed by atoms with Crippen LogP contribution in [-0.2, 0) is 0 Å². The number of anilines is 1. The van der Waals surface area contributed by atoms with E-state index < -0.39 is 4.92 Å². The van der Waals surface area contributed by atoms with Crippen LogP contribution >= 0.6 is 0 Å². The van der Waals surface area contributed by atoms with Crippen molar-refractivity contribution in [3.05, 3.63) is 69.9 Å². The average molecular weight is 299 g/mol. The Morgan fingerprint density at radius 2 is 1.95 bits per heavy atom. The van der Waals surface area contributed by atoms with Crippen LogP contribution in [0, 0.1) is 17.0 Å². The molecule has 0 bridgehead atoms. The Morgan fingerprint density at radius 3 is 2.55 bits per heavy atom. The smallest absolute Gasteiger partial charge is 0.269 e. The van der Waals surface area contributed by atoms with E-state index in [1.165, 1.54) is 12.1 Å². The van der Waals surface area contributed by atoms with Crippen molar-refractivity contribution in [3.8, 4) is 5.75 Å². The van der Waals surface area contributed by atoms with E-state index in [-0.39, 0.29) is 5.69 Å². The highest BCUT2D eigenvalue weighted by Crippen LogP contribution is 2.24. The first-order valence-corrected chi connectivity index (χ1v) is 6.63. The number of hydrogen-bond donors (Lipinski definition) is 2. The zero-order valence-electron chi connectivity index (χ0n) is 12.4. The van der Waals surface area contributed by atoms with E-state index in [1.54, 1.807) is 25.4 Å². The Morgan fingerprint density at radius 1 is 1.27 bits per heavy atom. The van der Waals surface area contributed by atoms with Crippen LogP contribution in [0.15, 0.2) is 48.7 Å². The van der Waals surface area contributed by atoms with E-state index in [0.717, 1.165) is 11.1 Å². The van der Waals surface area contributed by atoms with Crippen LogP contribution in [0.1, 0.15) is 11.1 Å². The van der Waals surface area contributed by atoms with Crippen molar-refractivity contribution in [3.63, 3.8) is 0 Å². The molecule has 6 heteroatoms. The monoisotopic (exact) mass is 299 g/mol. The lowest BCUT2D eigenvalue weighted by molar-refractivity contribution is -0.384. The van der Waals surface area contributed by atoms with Gasteiger partial charge in [-0.25, -0.2) is 0 Å². The number of aryl methyl sites for hydroxylation is 1. The zero-order valence-corrected chi connectivity index (χ0v) is 12.4. The van der Waals surface area contributed by atoms with E-state index in [2.05, 4.69) is 5.32 Å². The summed E-state index contributed by atoms with van der Waals surface area (Å²) >= 11 is 0. The summed E-state index contributed by atoms with van der Waals surface area (Å²) in [5, 5.41) is 13.6. The van der Waals surface area contributed by atoms with E-state index in [1.807, 2.05) is 25.1 Å². The van der Waals surface area contributed by atoms with E-state index in [4.69, 9.17) is 10.5 Å². The first kappa shape index (κ1) is 15.4. The Balaban J connectivity index is 2.19. The molecule has 0 spiro atoms. The minimum atomic E-state index is -0.439. The number of ether oxygens (including phenoxy) is 1. The second kappa shape index (κ2) is 6.62. The minimum absolute atomic E-state index is 0.0443. The summed E-state index contributed by atoms with van der Waals surface area (Å²) < 4.78 is 5.29. The van der Waals surface area contributed by atoms with Gasteiger partial charge in [0.25, 0.3) is 5.69 Å². The maximum atomic E-state index is 10.6. The fourth-order valence-electron chi connectivity index (χ4n) is 1.97. The van der Waals surface area contributed by atoms with Crippen molar-refractivity contribution in [2.24, 2.45) is 5.73 Å². The second-order valence-corrected chi connectivity index (χ2v) is 4.75.